The second-order valence-corrected chi connectivity index (χ2v) is 6.87. The average molecular weight is 341 g/mol. The number of carbonyl (C=O) groups excluding carboxylic acids is 1. The number of carbonyl (C=O) groups is 1. The Morgan fingerprint density at radius 1 is 1.35 bits per heavy atom. The molecule has 1 aliphatic rings. The van der Waals surface area contributed by atoms with E-state index in [1.54, 1.807) is 0 Å². The Bertz CT molecular complexity index is 513. The number of hydrogen-bond donors (Lipinski definition) is 1. The van der Waals surface area contributed by atoms with Gasteiger partial charge in [-0.15, -0.1) is 11.3 Å². The fourth-order valence-corrected chi connectivity index (χ4v) is 3.66. The molecule has 6 nitrogen and oxygen atoms in total. The Labute approximate surface area is 142 Å². The number of thiazole rings is 1. The molecule has 1 aromatic heterocycles. The number of β-amino-alcohol motifs (C(OH)–C–C–N with tert-alkyl or cyclic N) is 1. The molecule has 1 aliphatic heterocycles. The summed E-state index contributed by atoms with van der Waals surface area (Å²) in [6.45, 7) is 10.4. The van der Waals surface area contributed by atoms with Gasteiger partial charge >= 0.3 is 0 Å². The molecule has 0 spiro atoms. The highest BCUT2D eigenvalue weighted by molar-refractivity contribution is 7.13. The van der Waals surface area contributed by atoms with Crippen LogP contribution in [0.1, 0.15) is 34.2 Å². The van der Waals surface area contributed by atoms with Gasteiger partial charge in [-0.3, -0.25) is 9.69 Å². The van der Waals surface area contributed by atoms with E-state index in [1.807, 2.05) is 18.7 Å². The topological polar surface area (TPSA) is 65.9 Å². The van der Waals surface area contributed by atoms with Crippen LogP contribution in [0.4, 0.5) is 0 Å². The first-order chi connectivity index (χ1) is 11.0. The zero-order valence-electron chi connectivity index (χ0n) is 14.2. The van der Waals surface area contributed by atoms with Crippen LogP contribution in [-0.4, -0.2) is 77.8 Å². The van der Waals surface area contributed by atoms with Gasteiger partial charge in [0.15, 0.2) is 0 Å². The normalized spacial score (nSPS) is 17.5. The molecule has 1 amide bonds. The minimum Gasteiger partial charge on any atom is -0.389 e. The summed E-state index contributed by atoms with van der Waals surface area (Å²) in [7, 11) is 0. The van der Waals surface area contributed by atoms with Gasteiger partial charge < -0.3 is 14.7 Å². The standard InChI is InChI=1S/C16H27N3O3S/c1-4-14-17-12(3)15(23-14)16(21)19-8-6-18(7-9-19)10-13(20)11-22-5-2/h13,20H,4-11H2,1-3H3. The van der Waals surface area contributed by atoms with Crippen LogP contribution in [0.3, 0.4) is 0 Å². The fourth-order valence-electron chi connectivity index (χ4n) is 2.68. The lowest BCUT2D eigenvalue weighted by Gasteiger charge is -2.35. The van der Waals surface area contributed by atoms with Crippen LogP contribution in [-0.2, 0) is 11.2 Å². The van der Waals surface area contributed by atoms with Gasteiger partial charge in [0, 0.05) is 39.3 Å². The Morgan fingerprint density at radius 2 is 2.04 bits per heavy atom. The molecule has 0 aliphatic carbocycles. The van der Waals surface area contributed by atoms with Gasteiger partial charge in [0.25, 0.3) is 5.91 Å². The number of hydrogen-bond acceptors (Lipinski definition) is 6. The van der Waals surface area contributed by atoms with E-state index in [4.69, 9.17) is 4.74 Å². The summed E-state index contributed by atoms with van der Waals surface area (Å²) in [5.41, 5.74) is 0.839. The number of amides is 1. The van der Waals surface area contributed by atoms with E-state index >= 15 is 0 Å². The lowest BCUT2D eigenvalue weighted by atomic mass is 10.2. The lowest BCUT2D eigenvalue weighted by molar-refractivity contribution is 0.0112. The number of rotatable bonds is 7. The van der Waals surface area contributed by atoms with Crippen molar-refractivity contribution in [2.45, 2.75) is 33.3 Å². The molecule has 1 fully saturated rings. The van der Waals surface area contributed by atoms with Gasteiger partial charge in [0.05, 0.1) is 23.4 Å². The molecule has 0 radical (unpaired) electrons. The number of aromatic nitrogens is 1. The van der Waals surface area contributed by atoms with Gasteiger partial charge in [-0.25, -0.2) is 4.98 Å². The van der Waals surface area contributed by atoms with Crippen LogP contribution in [0.2, 0.25) is 0 Å². The molecule has 1 saturated heterocycles. The van der Waals surface area contributed by atoms with E-state index in [9.17, 15) is 9.90 Å². The molecule has 130 valence electrons. The van der Waals surface area contributed by atoms with Crippen molar-refractivity contribution in [1.29, 1.82) is 0 Å². The summed E-state index contributed by atoms with van der Waals surface area (Å²) in [5, 5.41) is 10.9. The van der Waals surface area contributed by atoms with E-state index in [0.717, 1.165) is 35.1 Å². The molecule has 1 unspecified atom stereocenters. The molecular weight excluding hydrogens is 314 g/mol. The van der Waals surface area contributed by atoms with Gasteiger partial charge in [-0.1, -0.05) is 6.92 Å². The van der Waals surface area contributed by atoms with Crippen molar-refractivity contribution in [3.63, 3.8) is 0 Å². The van der Waals surface area contributed by atoms with Gasteiger partial charge in [-0.2, -0.15) is 0 Å². The van der Waals surface area contributed by atoms with Gasteiger partial charge in [-0.05, 0) is 20.3 Å². The van der Waals surface area contributed by atoms with E-state index in [-0.39, 0.29) is 5.91 Å². The Balaban J connectivity index is 1.83. The molecule has 1 N–H and O–H groups in total. The third-order valence-electron chi connectivity index (χ3n) is 3.98. The summed E-state index contributed by atoms with van der Waals surface area (Å²) in [6, 6.07) is 0. The van der Waals surface area contributed by atoms with Crippen LogP contribution >= 0.6 is 11.3 Å². The van der Waals surface area contributed by atoms with Gasteiger partial charge in [0.1, 0.15) is 4.88 Å². The van der Waals surface area contributed by atoms with Crippen molar-refractivity contribution in [1.82, 2.24) is 14.8 Å². The highest BCUT2D eigenvalue weighted by atomic mass is 32.1. The Kier molecular flexibility index (Phi) is 6.95. The van der Waals surface area contributed by atoms with Gasteiger partial charge in [0.2, 0.25) is 0 Å². The predicted molar refractivity (Wildman–Crippen MR) is 91.1 cm³/mol. The van der Waals surface area contributed by atoms with E-state index in [2.05, 4.69) is 16.8 Å². The minimum absolute atomic E-state index is 0.0919. The molecule has 2 heterocycles. The number of aliphatic hydroxyl groups excluding tert-OH is 1. The van der Waals surface area contributed by atoms with Crippen molar-refractivity contribution in [3.05, 3.63) is 15.6 Å². The SMILES string of the molecule is CCOCC(O)CN1CCN(C(=O)c2sc(CC)nc2C)CC1. The molecule has 0 bridgehead atoms. The maximum atomic E-state index is 12.6. The fraction of sp³-hybridized carbons (Fsp3) is 0.750. The molecule has 2 rings (SSSR count). The maximum absolute atomic E-state index is 12.6. The number of nitrogens with zero attached hydrogens (tertiary/aromatic N) is 3. The number of aryl methyl sites for hydroxylation is 2. The van der Waals surface area contributed by atoms with Crippen molar-refractivity contribution in [3.8, 4) is 0 Å². The zero-order valence-corrected chi connectivity index (χ0v) is 15.1. The van der Waals surface area contributed by atoms with Crippen LogP contribution in [0.25, 0.3) is 0 Å². The van der Waals surface area contributed by atoms with Crippen LogP contribution in [0.5, 0.6) is 0 Å². The number of piperazine rings is 1. The summed E-state index contributed by atoms with van der Waals surface area (Å²) >= 11 is 1.51. The summed E-state index contributed by atoms with van der Waals surface area (Å²) in [4.78, 5) is 21.9. The van der Waals surface area contributed by atoms with Crippen molar-refractivity contribution >= 4 is 17.2 Å². The maximum Gasteiger partial charge on any atom is 0.265 e. The molecule has 0 aromatic carbocycles. The van der Waals surface area contributed by atoms with Crippen molar-refractivity contribution < 1.29 is 14.6 Å². The largest absolute Gasteiger partial charge is 0.389 e. The third kappa shape index (κ3) is 4.97. The predicted octanol–water partition coefficient (Wildman–Crippen LogP) is 1.17. The summed E-state index contributed by atoms with van der Waals surface area (Å²) < 4.78 is 5.23. The first-order valence-corrected chi connectivity index (χ1v) is 9.10. The first-order valence-electron chi connectivity index (χ1n) is 8.28. The average Bonchev–Trinajstić information content (AvgIpc) is 2.94. The zero-order chi connectivity index (χ0) is 16.8. The minimum atomic E-state index is -0.465. The highest BCUT2D eigenvalue weighted by Gasteiger charge is 2.26. The van der Waals surface area contributed by atoms with Crippen molar-refractivity contribution in [2.75, 3.05) is 45.9 Å². The third-order valence-corrected chi connectivity index (χ3v) is 5.27. The molecule has 23 heavy (non-hydrogen) atoms. The monoisotopic (exact) mass is 341 g/mol. The molecule has 0 saturated carbocycles. The Hall–Kier alpha value is -1.02. The first kappa shape index (κ1) is 18.3. The number of aliphatic hydroxyl groups is 1. The quantitative estimate of drug-likeness (QED) is 0.806. The Morgan fingerprint density at radius 3 is 2.61 bits per heavy atom. The smallest absolute Gasteiger partial charge is 0.265 e. The molecule has 1 aromatic rings. The highest BCUT2D eigenvalue weighted by Crippen LogP contribution is 2.21. The van der Waals surface area contributed by atoms with Crippen molar-refractivity contribution in [2.24, 2.45) is 0 Å². The second-order valence-electron chi connectivity index (χ2n) is 5.78. The van der Waals surface area contributed by atoms with Crippen LogP contribution in [0.15, 0.2) is 0 Å². The van der Waals surface area contributed by atoms with E-state index in [0.29, 0.717) is 32.8 Å². The number of ether oxygens (including phenoxy) is 1. The van der Waals surface area contributed by atoms with Crippen LogP contribution in [0, 0.1) is 6.92 Å². The molecular formula is C16H27N3O3S. The molecule has 7 heteroatoms. The van der Waals surface area contributed by atoms with E-state index in [1.165, 1.54) is 11.3 Å². The summed E-state index contributed by atoms with van der Waals surface area (Å²) in [5.74, 6) is 0.0919. The second kappa shape index (κ2) is 8.73. The molecule has 1 atom stereocenters. The summed E-state index contributed by atoms with van der Waals surface area (Å²) in [6.07, 6.45) is 0.401. The lowest BCUT2D eigenvalue weighted by Crippen LogP contribution is -2.50. The van der Waals surface area contributed by atoms with Crippen LogP contribution < -0.4 is 0 Å². The van der Waals surface area contributed by atoms with E-state index < -0.39 is 6.10 Å².